The van der Waals surface area contributed by atoms with Gasteiger partial charge < -0.3 is 19.5 Å². The summed E-state index contributed by atoms with van der Waals surface area (Å²) in [5.74, 6) is -0.887. The predicted octanol–water partition coefficient (Wildman–Crippen LogP) is 1.55. The normalized spacial score (nSPS) is 12.7. The lowest BCUT2D eigenvalue weighted by atomic mass is 10.2. The highest BCUT2D eigenvalue weighted by molar-refractivity contribution is 7.92. The molecule has 1 aliphatic rings. The summed E-state index contributed by atoms with van der Waals surface area (Å²) in [6.45, 7) is 1.26. The topological polar surface area (TPSA) is 149 Å². The first kappa shape index (κ1) is 24.7. The van der Waals surface area contributed by atoms with Gasteiger partial charge in [0.1, 0.15) is 19.8 Å². The van der Waals surface area contributed by atoms with E-state index in [0.717, 1.165) is 11.0 Å². The molecule has 12 heteroatoms. The zero-order valence-corrected chi connectivity index (χ0v) is 19.0. The number of carbonyl (C=O) groups is 3. The monoisotopic (exact) mass is 489 g/mol. The molecule has 0 unspecified atom stereocenters. The number of benzene rings is 2. The molecule has 11 nitrogen and oxygen atoms in total. The summed E-state index contributed by atoms with van der Waals surface area (Å²) in [4.78, 5) is 35.5. The summed E-state index contributed by atoms with van der Waals surface area (Å²) in [5, 5.41) is 5.35. The number of urea groups is 1. The molecule has 0 fully saturated rings. The third-order valence-corrected chi connectivity index (χ3v) is 5.39. The summed E-state index contributed by atoms with van der Waals surface area (Å²) in [5.41, 5.74) is 2.06. The lowest BCUT2D eigenvalue weighted by molar-refractivity contribution is -0.147. The van der Waals surface area contributed by atoms with E-state index in [2.05, 4.69) is 10.1 Å². The van der Waals surface area contributed by atoms with Crippen molar-refractivity contribution in [3.8, 4) is 11.5 Å². The highest BCUT2D eigenvalue weighted by atomic mass is 32.2. The van der Waals surface area contributed by atoms with Crippen molar-refractivity contribution in [2.45, 2.75) is 6.92 Å². The maximum Gasteiger partial charge on any atom is 0.325 e. The van der Waals surface area contributed by atoms with Crippen molar-refractivity contribution in [1.29, 1.82) is 0 Å². The molecule has 0 aromatic heterocycles. The standard InChI is InChI=1S/C22H23N3O8S/c1-15-2-4-16(5-3-15)8-11-34(29,30)23-13-21(27)33-14-20(26)25-22(28)24-17-6-7-18-19(12-17)32-10-9-31-18/h2-8,11-12,23H,9-10,13-14H2,1H3,(H2,24,25,26,28). The molecule has 0 aliphatic carbocycles. The summed E-state index contributed by atoms with van der Waals surface area (Å²) in [7, 11) is -3.90. The quantitative estimate of drug-likeness (QED) is 0.473. The highest BCUT2D eigenvalue weighted by Crippen LogP contribution is 2.32. The maximum atomic E-state index is 12.0. The molecule has 3 amide bonds. The Labute approximate surface area is 196 Å². The van der Waals surface area contributed by atoms with Crippen LogP contribution in [-0.2, 0) is 24.3 Å². The molecule has 3 N–H and O–H groups in total. The number of ether oxygens (including phenoxy) is 3. The number of amides is 3. The van der Waals surface area contributed by atoms with Gasteiger partial charge in [-0.3, -0.25) is 14.9 Å². The molecule has 0 spiro atoms. The van der Waals surface area contributed by atoms with Gasteiger partial charge in [0.2, 0.25) is 10.0 Å². The van der Waals surface area contributed by atoms with Crippen LogP contribution in [-0.4, -0.2) is 52.7 Å². The maximum absolute atomic E-state index is 12.0. The minimum absolute atomic E-state index is 0.361. The number of fused-ring (bicyclic) bond motifs is 1. The van der Waals surface area contributed by atoms with Crippen molar-refractivity contribution in [3.05, 3.63) is 59.0 Å². The molecule has 0 atom stereocenters. The van der Waals surface area contributed by atoms with Crippen molar-refractivity contribution in [2.24, 2.45) is 0 Å². The average Bonchev–Trinajstić information content (AvgIpc) is 2.81. The SMILES string of the molecule is Cc1ccc(C=CS(=O)(=O)NCC(=O)OCC(=O)NC(=O)Nc2ccc3c(c2)OCCO3)cc1. The van der Waals surface area contributed by atoms with Crippen molar-refractivity contribution in [2.75, 3.05) is 31.7 Å². The molecule has 0 radical (unpaired) electrons. The Bertz CT molecular complexity index is 1190. The van der Waals surface area contributed by atoms with E-state index in [4.69, 9.17) is 9.47 Å². The number of imide groups is 1. The van der Waals surface area contributed by atoms with Gasteiger partial charge in [0, 0.05) is 17.2 Å². The fourth-order valence-electron chi connectivity index (χ4n) is 2.70. The van der Waals surface area contributed by atoms with Gasteiger partial charge in [-0.1, -0.05) is 29.8 Å². The van der Waals surface area contributed by atoms with Gasteiger partial charge >= 0.3 is 12.0 Å². The molecule has 0 bridgehead atoms. The number of rotatable bonds is 8. The second-order valence-corrected chi connectivity index (χ2v) is 8.75. The minimum Gasteiger partial charge on any atom is -0.486 e. The van der Waals surface area contributed by atoms with Crippen LogP contribution >= 0.6 is 0 Å². The molecule has 2 aromatic rings. The van der Waals surface area contributed by atoms with Crippen molar-refractivity contribution in [1.82, 2.24) is 10.0 Å². The Kier molecular flexibility index (Phi) is 8.22. The lowest BCUT2D eigenvalue weighted by Crippen LogP contribution is -2.38. The van der Waals surface area contributed by atoms with Gasteiger partial charge in [0.25, 0.3) is 5.91 Å². The lowest BCUT2D eigenvalue weighted by Gasteiger charge is -2.19. The Morgan fingerprint density at radius 2 is 1.74 bits per heavy atom. The zero-order valence-electron chi connectivity index (χ0n) is 18.2. The molecule has 1 heterocycles. The van der Waals surface area contributed by atoms with Gasteiger partial charge in [-0.15, -0.1) is 0 Å². The third kappa shape index (κ3) is 7.90. The molecule has 180 valence electrons. The van der Waals surface area contributed by atoms with Crippen LogP contribution in [0.5, 0.6) is 11.5 Å². The molecule has 0 saturated heterocycles. The summed E-state index contributed by atoms with van der Waals surface area (Å²) in [6.07, 6.45) is 1.38. The first-order valence-electron chi connectivity index (χ1n) is 10.1. The number of anilines is 1. The number of sulfonamides is 1. The van der Waals surface area contributed by atoms with Crippen molar-refractivity contribution >= 4 is 39.7 Å². The Hall–Kier alpha value is -3.90. The van der Waals surface area contributed by atoms with Crippen molar-refractivity contribution in [3.63, 3.8) is 0 Å². The van der Waals surface area contributed by atoms with E-state index in [9.17, 15) is 22.8 Å². The fraction of sp³-hybridized carbons (Fsp3) is 0.227. The van der Waals surface area contributed by atoms with E-state index in [-0.39, 0.29) is 0 Å². The summed E-state index contributed by atoms with van der Waals surface area (Å²) < 4.78 is 41.4. The first-order valence-corrected chi connectivity index (χ1v) is 11.7. The van der Waals surface area contributed by atoms with Crippen molar-refractivity contribution < 1.29 is 37.0 Å². The van der Waals surface area contributed by atoms with Crippen LogP contribution in [0.25, 0.3) is 6.08 Å². The molecule has 1 aliphatic heterocycles. The smallest absolute Gasteiger partial charge is 0.325 e. The Morgan fingerprint density at radius 1 is 1.03 bits per heavy atom. The van der Waals surface area contributed by atoms with Gasteiger partial charge in [-0.2, -0.15) is 0 Å². The van der Waals surface area contributed by atoms with E-state index in [0.29, 0.717) is 36.0 Å². The highest BCUT2D eigenvalue weighted by Gasteiger charge is 2.15. The van der Waals surface area contributed by atoms with E-state index >= 15 is 0 Å². The summed E-state index contributed by atoms with van der Waals surface area (Å²) >= 11 is 0. The minimum atomic E-state index is -3.90. The van der Waals surface area contributed by atoms with Gasteiger partial charge in [0.05, 0.1) is 0 Å². The van der Waals surface area contributed by atoms with Crippen LogP contribution in [0.15, 0.2) is 47.9 Å². The second kappa shape index (κ2) is 11.3. The molecular formula is C22H23N3O8S. The third-order valence-electron chi connectivity index (χ3n) is 4.35. The number of esters is 1. The number of carbonyl (C=O) groups excluding carboxylic acids is 3. The van der Waals surface area contributed by atoms with Gasteiger partial charge in [0.15, 0.2) is 18.1 Å². The molecule has 2 aromatic carbocycles. The Morgan fingerprint density at radius 3 is 2.47 bits per heavy atom. The fourth-order valence-corrected chi connectivity index (χ4v) is 3.45. The van der Waals surface area contributed by atoms with Gasteiger partial charge in [-0.05, 0) is 30.7 Å². The summed E-state index contributed by atoms with van der Waals surface area (Å²) in [6, 6.07) is 11.0. The van der Waals surface area contributed by atoms with E-state index < -0.39 is 41.1 Å². The molecule has 3 rings (SSSR count). The number of nitrogens with one attached hydrogen (secondary N) is 3. The first-order chi connectivity index (χ1) is 16.2. The van der Waals surface area contributed by atoms with Crippen LogP contribution in [0.4, 0.5) is 10.5 Å². The average molecular weight is 490 g/mol. The number of aryl methyl sites for hydroxylation is 1. The van der Waals surface area contributed by atoms with Crippen LogP contribution in [0.1, 0.15) is 11.1 Å². The van der Waals surface area contributed by atoms with Crippen LogP contribution < -0.4 is 24.8 Å². The largest absolute Gasteiger partial charge is 0.486 e. The molecule has 0 saturated carbocycles. The van der Waals surface area contributed by atoms with Crippen LogP contribution in [0.3, 0.4) is 0 Å². The van der Waals surface area contributed by atoms with Crippen LogP contribution in [0.2, 0.25) is 0 Å². The van der Waals surface area contributed by atoms with E-state index in [1.165, 1.54) is 12.1 Å². The second-order valence-electron chi connectivity index (χ2n) is 7.10. The number of hydrogen-bond donors (Lipinski definition) is 3. The predicted molar refractivity (Wildman–Crippen MR) is 123 cm³/mol. The van der Waals surface area contributed by atoms with E-state index in [1.807, 2.05) is 29.1 Å². The van der Waals surface area contributed by atoms with E-state index in [1.54, 1.807) is 24.3 Å². The number of hydrogen-bond acceptors (Lipinski definition) is 8. The molecular weight excluding hydrogens is 466 g/mol. The zero-order chi connectivity index (χ0) is 24.6. The van der Waals surface area contributed by atoms with Crippen LogP contribution in [0, 0.1) is 6.92 Å². The molecule has 34 heavy (non-hydrogen) atoms. The van der Waals surface area contributed by atoms with Gasteiger partial charge in [-0.25, -0.2) is 17.9 Å². The Balaban J connectivity index is 1.38.